The third-order valence-electron chi connectivity index (χ3n) is 5.47. The van der Waals surface area contributed by atoms with Gasteiger partial charge in [0.25, 0.3) is 0 Å². The second-order valence-electron chi connectivity index (χ2n) is 6.86. The number of hydrogen-bond donors (Lipinski definition) is 0. The fraction of sp³-hybridized carbons (Fsp3) is 0.647. The maximum Gasteiger partial charge on any atom is 0.243 e. The van der Waals surface area contributed by atoms with E-state index in [1.54, 1.807) is 22.5 Å². The third kappa shape index (κ3) is 2.78. The van der Waals surface area contributed by atoms with Gasteiger partial charge in [-0.3, -0.25) is 4.90 Å². The van der Waals surface area contributed by atoms with Gasteiger partial charge in [-0.1, -0.05) is 0 Å². The summed E-state index contributed by atoms with van der Waals surface area (Å²) >= 11 is 0. The van der Waals surface area contributed by atoms with Crippen molar-refractivity contribution in [3.05, 3.63) is 18.2 Å². The second-order valence-corrected chi connectivity index (χ2v) is 8.80. The van der Waals surface area contributed by atoms with Crippen LogP contribution in [0.15, 0.2) is 23.1 Å². The molecule has 132 valence electrons. The van der Waals surface area contributed by atoms with Crippen molar-refractivity contribution in [3.63, 3.8) is 0 Å². The molecule has 3 aliphatic rings. The van der Waals surface area contributed by atoms with Crippen LogP contribution in [0.5, 0.6) is 11.5 Å². The number of fused-ring (bicyclic) bond motifs is 3. The zero-order valence-corrected chi connectivity index (χ0v) is 14.8. The molecule has 6 nitrogen and oxygen atoms in total. The Balaban J connectivity index is 1.62. The summed E-state index contributed by atoms with van der Waals surface area (Å²) in [5.41, 5.74) is 0. The molecule has 0 amide bonds. The van der Waals surface area contributed by atoms with Crippen molar-refractivity contribution in [2.45, 2.75) is 42.7 Å². The fourth-order valence-electron chi connectivity index (χ4n) is 3.95. The monoisotopic (exact) mass is 352 g/mol. The smallest absolute Gasteiger partial charge is 0.243 e. The van der Waals surface area contributed by atoms with Gasteiger partial charge in [-0.2, -0.15) is 4.31 Å². The summed E-state index contributed by atoms with van der Waals surface area (Å²) in [5.74, 6) is 1.16. The van der Waals surface area contributed by atoms with Crippen LogP contribution in [0.3, 0.4) is 0 Å². The lowest BCUT2D eigenvalue weighted by Crippen LogP contribution is -2.39. The van der Waals surface area contributed by atoms with Crippen molar-refractivity contribution in [2.24, 2.45) is 0 Å². The number of likely N-dealkylation sites (N-methyl/N-ethyl adjacent to an activating group) is 1. The Hall–Kier alpha value is -1.31. The summed E-state index contributed by atoms with van der Waals surface area (Å²) in [6, 6.07) is 5.80. The minimum Gasteiger partial charge on any atom is -0.490 e. The van der Waals surface area contributed by atoms with Gasteiger partial charge in [-0.15, -0.1) is 0 Å². The van der Waals surface area contributed by atoms with Crippen molar-refractivity contribution < 1.29 is 17.9 Å². The van der Waals surface area contributed by atoms with Gasteiger partial charge >= 0.3 is 0 Å². The van der Waals surface area contributed by atoms with Crippen molar-refractivity contribution in [3.8, 4) is 11.5 Å². The Labute approximate surface area is 143 Å². The first-order chi connectivity index (χ1) is 11.6. The fourth-order valence-corrected chi connectivity index (χ4v) is 5.46. The van der Waals surface area contributed by atoms with Gasteiger partial charge in [-0.05, 0) is 38.4 Å². The molecule has 1 aromatic carbocycles. The Morgan fingerprint density at radius 3 is 2.62 bits per heavy atom. The molecule has 3 heterocycles. The summed E-state index contributed by atoms with van der Waals surface area (Å²) in [6.07, 6.45) is 3.96. The molecule has 0 N–H and O–H groups in total. The van der Waals surface area contributed by atoms with Gasteiger partial charge in [0.1, 0.15) is 0 Å². The van der Waals surface area contributed by atoms with Crippen molar-refractivity contribution in [2.75, 3.05) is 33.4 Å². The van der Waals surface area contributed by atoms with Gasteiger partial charge in [0.15, 0.2) is 11.5 Å². The average Bonchev–Trinajstić information content (AvgIpc) is 2.72. The largest absolute Gasteiger partial charge is 0.490 e. The van der Waals surface area contributed by atoms with E-state index >= 15 is 0 Å². The number of rotatable bonds is 2. The minimum absolute atomic E-state index is 0.298. The lowest BCUT2D eigenvalue weighted by atomic mass is 10.1. The first-order valence-corrected chi connectivity index (χ1v) is 10.1. The lowest BCUT2D eigenvalue weighted by molar-refractivity contribution is 0.246. The van der Waals surface area contributed by atoms with Crippen LogP contribution in [-0.2, 0) is 10.0 Å². The predicted octanol–water partition coefficient (Wildman–Crippen LogP) is 1.71. The highest BCUT2D eigenvalue weighted by Gasteiger charge is 2.38. The SMILES string of the molecule is CN1[C@H]2CC[C@@H]1CN(S(=O)(=O)c1ccc3c(c1)OCCCO3)CC2. The molecule has 1 aromatic rings. The quantitative estimate of drug-likeness (QED) is 0.811. The van der Waals surface area contributed by atoms with Crippen LogP contribution in [0.25, 0.3) is 0 Å². The van der Waals surface area contributed by atoms with Crippen LogP contribution < -0.4 is 9.47 Å². The normalized spacial score (nSPS) is 28.4. The van der Waals surface area contributed by atoms with E-state index in [1.807, 2.05) is 0 Å². The van der Waals surface area contributed by atoms with Crippen LogP contribution in [-0.4, -0.2) is 63.1 Å². The Bertz CT molecular complexity index is 721. The molecule has 24 heavy (non-hydrogen) atoms. The maximum absolute atomic E-state index is 13.1. The van der Waals surface area contributed by atoms with E-state index in [9.17, 15) is 8.42 Å². The van der Waals surface area contributed by atoms with Crippen LogP contribution in [0.2, 0.25) is 0 Å². The molecule has 7 heteroatoms. The maximum atomic E-state index is 13.1. The highest BCUT2D eigenvalue weighted by Crippen LogP contribution is 2.35. The van der Waals surface area contributed by atoms with E-state index in [-0.39, 0.29) is 0 Å². The Morgan fingerprint density at radius 1 is 1.04 bits per heavy atom. The molecule has 4 rings (SSSR count). The first kappa shape index (κ1) is 16.2. The zero-order valence-electron chi connectivity index (χ0n) is 14.0. The van der Waals surface area contributed by atoms with Crippen LogP contribution in [0, 0.1) is 0 Å². The second kappa shape index (κ2) is 6.20. The van der Waals surface area contributed by atoms with Crippen LogP contribution >= 0.6 is 0 Å². The number of nitrogens with zero attached hydrogens (tertiary/aromatic N) is 2. The van der Waals surface area contributed by atoms with E-state index < -0.39 is 10.0 Å². The molecule has 0 unspecified atom stereocenters. The molecule has 2 fully saturated rings. The number of sulfonamides is 1. The summed E-state index contributed by atoms with van der Waals surface area (Å²) in [6.45, 7) is 2.31. The molecule has 0 aliphatic carbocycles. The van der Waals surface area contributed by atoms with Crippen molar-refractivity contribution >= 4 is 10.0 Å². The highest BCUT2D eigenvalue weighted by atomic mass is 32.2. The molecular formula is C17H24N2O4S. The van der Waals surface area contributed by atoms with Crippen molar-refractivity contribution in [1.82, 2.24) is 9.21 Å². The summed E-state index contributed by atoms with van der Waals surface area (Å²) in [7, 11) is -1.39. The number of hydrogen-bond acceptors (Lipinski definition) is 5. The third-order valence-corrected chi connectivity index (χ3v) is 7.33. The van der Waals surface area contributed by atoms with Crippen molar-refractivity contribution in [1.29, 1.82) is 0 Å². The minimum atomic E-state index is -3.51. The topological polar surface area (TPSA) is 59.1 Å². The van der Waals surface area contributed by atoms with E-state index in [0.717, 1.165) is 19.3 Å². The first-order valence-electron chi connectivity index (χ1n) is 8.67. The van der Waals surface area contributed by atoms with E-state index in [0.29, 0.717) is 54.8 Å². The van der Waals surface area contributed by atoms with Gasteiger partial charge < -0.3 is 9.47 Å². The molecule has 0 radical (unpaired) electrons. The van der Waals surface area contributed by atoms with Crippen LogP contribution in [0.4, 0.5) is 0 Å². The lowest BCUT2D eigenvalue weighted by Gasteiger charge is -2.25. The highest BCUT2D eigenvalue weighted by molar-refractivity contribution is 7.89. The van der Waals surface area contributed by atoms with Gasteiger partial charge in [-0.25, -0.2) is 8.42 Å². The number of benzene rings is 1. The molecule has 0 spiro atoms. The summed E-state index contributed by atoms with van der Waals surface area (Å²) in [5, 5.41) is 0. The standard InChI is InChI=1S/C17H24N2O4S/c1-18-13-3-4-14(18)12-19(8-7-13)24(20,21)15-5-6-16-17(11-15)23-10-2-9-22-16/h5-6,11,13-14H,2-4,7-10,12H2,1H3/t13-,14+/m0/s1. The molecule has 0 aromatic heterocycles. The molecule has 3 aliphatic heterocycles. The van der Waals surface area contributed by atoms with E-state index in [4.69, 9.17) is 9.47 Å². The molecule has 2 atom stereocenters. The molecular weight excluding hydrogens is 328 g/mol. The van der Waals surface area contributed by atoms with E-state index in [2.05, 4.69) is 11.9 Å². The Morgan fingerprint density at radius 2 is 1.79 bits per heavy atom. The van der Waals surface area contributed by atoms with Gasteiger partial charge in [0.05, 0.1) is 18.1 Å². The van der Waals surface area contributed by atoms with E-state index in [1.165, 1.54) is 6.42 Å². The average molecular weight is 352 g/mol. The molecule has 0 saturated carbocycles. The zero-order chi connectivity index (χ0) is 16.7. The van der Waals surface area contributed by atoms with Gasteiger partial charge in [0, 0.05) is 37.7 Å². The van der Waals surface area contributed by atoms with Gasteiger partial charge in [0.2, 0.25) is 10.0 Å². The van der Waals surface area contributed by atoms with Crippen LogP contribution in [0.1, 0.15) is 25.7 Å². The summed E-state index contributed by atoms with van der Waals surface area (Å²) < 4.78 is 39.1. The predicted molar refractivity (Wildman–Crippen MR) is 90.0 cm³/mol. The molecule has 2 saturated heterocycles. The Kier molecular flexibility index (Phi) is 4.18. The number of ether oxygens (including phenoxy) is 2. The molecule has 2 bridgehead atoms. The summed E-state index contributed by atoms with van der Waals surface area (Å²) in [4.78, 5) is 2.65.